The van der Waals surface area contributed by atoms with Crippen molar-refractivity contribution in [2.45, 2.75) is 83.3 Å². The van der Waals surface area contributed by atoms with Gasteiger partial charge in [0.15, 0.2) is 5.78 Å². The molecule has 1 aromatic rings. The maximum absolute atomic E-state index is 13.7. The number of halogens is 1. The molecule has 1 aromatic carbocycles. The van der Waals surface area contributed by atoms with Crippen LogP contribution in [0.4, 0.5) is 4.79 Å². The number of urea groups is 1. The standard InChI is InChI=1S/C23H35ClN2O5S/c1-4-9-19(17-10-7-6-8-11-17)22(28)20-15-18(24)12-13-21(20)32(30,31)26(16(3)27)23(29)25-14-5-2/h12-13,15-17,19,27H,4-11,14H2,1-3H3,(H,25,29). The highest BCUT2D eigenvalue weighted by molar-refractivity contribution is 7.89. The summed E-state index contributed by atoms with van der Waals surface area (Å²) in [4.78, 5) is 25.9. The monoisotopic (exact) mass is 486 g/mol. The Labute approximate surface area is 196 Å². The molecule has 0 heterocycles. The number of sulfonamides is 1. The zero-order chi connectivity index (χ0) is 23.9. The SMILES string of the molecule is CCCNC(=O)N(C(C)O)S(=O)(=O)c1ccc(Cl)cc1C(=O)C(CCC)C1CCCCC1. The van der Waals surface area contributed by atoms with Gasteiger partial charge in [-0.1, -0.05) is 51.1 Å². The van der Waals surface area contributed by atoms with Crippen LogP contribution in [0.1, 0.15) is 82.5 Å². The molecule has 180 valence electrons. The second kappa shape index (κ2) is 12.0. The fourth-order valence-electron chi connectivity index (χ4n) is 4.44. The average Bonchev–Trinajstić information content (AvgIpc) is 2.75. The highest BCUT2D eigenvalue weighted by Gasteiger charge is 2.38. The number of carbonyl (C=O) groups is 2. The van der Waals surface area contributed by atoms with Gasteiger partial charge >= 0.3 is 6.03 Å². The molecule has 1 aliphatic carbocycles. The van der Waals surface area contributed by atoms with E-state index in [1.807, 2.05) is 13.8 Å². The van der Waals surface area contributed by atoms with E-state index >= 15 is 0 Å². The lowest BCUT2D eigenvalue weighted by atomic mass is 9.75. The second-order valence-corrected chi connectivity index (χ2v) is 10.7. The van der Waals surface area contributed by atoms with Crippen molar-refractivity contribution in [2.24, 2.45) is 11.8 Å². The van der Waals surface area contributed by atoms with Crippen LogP contribution in [0.5, 0.6) is 0 Å². The Kier molecular flexibility index (Phi) is 9.98. The first-order valence-corrected chi connectivity index (χ1v) is 13.3. The lowest BCUT2D eigenvalue weighted by Crippen LogP contribution is -2.49. The molecule has 2 N–H and O–H groups in total. The topological polar surface area (TPSA) is 104 Å². The van der Waals surface area contributed by atoms with E-state index in [-0.39, 0.29) is 39.6 Å². The molecule has 7 nitrogen and oxygen atoms in total. The molecule has 0 radical (unpaired) electrons. The zero-order valence-corrected chi connectivity index (χ0v) is 20.7. The Morgan fingerprint density at radius 2 is 1.84 bits per heavy atom. The molecule has 2 unspecified atom stereocenters. The molecule has 0 spiro atoms. The van der Waals surface area contributed by atoms with E-state index in [0.29, 0.717) is 17.1 Å². The van der Waals surface area contributed by atoms with Gasteiger partial charge in [0.05, 0.1) is 4.90 Å². The lowest BCUT2D eigenvalue weighted by molar-refractivity contribution is 0.0824. The number of rotatable bonds is 10. The number of benzene rings is 1. The Bertz CT molecular complexity index is 898. The molecule has 2 atom stereocenters. The highest BCUT2D eigenvalue weighted by atomic mass is 35.5. The Morgan fingerprint density at radius 1 is 1.19 bits per heavy atom. The van der Waals surface area contributed by atoms with Crippen LogP contribution in [0.25, 0.3) is 0 Å². The van der Waals surface area contributed by atoms with Gasteiger partial charge in [0, 0.05) is 23.0 Å². The van der Waals surface area contributed by atoms with Crippen molar-refractivity contribution in [2.75, 3.05) is 6.54 Å². The number of ketones is 1. The third kappa shape index (κ3) is 6.23. The highest BCUT2D eigenvalue weighted by Crippen LogP contribution is 2.36. The van der Waals surface area contributed by atoms with Gasteiger partial charge in [-0.2, -0.15) is 4.31 Å². The van der Waals surface area contributed by atoms with E-state index in [4.69, 9.17) is 11.6 Å². The number of hydrogen-bond donors (Lipinski definition) is 2. The predicted molar refractivity (Wildman–Crippen MR) is 125 cm³/mol. The maximum Gasteiger partial charge on any atom is 0.333 e. The van der Waals surface area contributed by atoms with Crippen molar-refractivity contribution in [3.63, 3.8) is 0 Å². The van der Waals surface area contributed by atoms with Crippen molar-refractivity contribution in [1.29, 1.82) is 0 Å². The van der Waals surface area contributed by atoms with Gasteiger partial charge in [0.1, 0.15) is 6.23 Å². The number of aliphatic hydroxyl groups excluding tert-OH is 1. The number of aliphatic hydroxyl groups is 1. The Morgan fingerprint density at radius 3 is 2.41 bits per heavy atom. The summed E-state index contributed by atoms with van der Waals surface area (Å²) >= 11 is 6.16. The van der Waals surface area contributed by atoms with E-state index in [9.17, 15) is 23.1 Å². The van der Waals surface area contributed by atoms with E-state index in [0.717, 1.165) is 38.5 Å². The van der Waals surface area contributed by atoms with Gasteiger partial charge in [-0.05, 0) is 56.7 Å². The molecule has 0 saturated heterocycles. The minimum Gasteiger partial charge on any atom is -0.373 e. The van der Waals surface area contributed by atoms with Crippen LogP contribution in [0.3, 0.4) is 0 Å². The Balaban J connectivity index is 2.53. The molecule has 0 aliphatic heterocycles. The van der Waals surface area contributed by atoms with Crippen molar-refractivity contribution in [1.82, 2.24) is 9.62 Å². The molecule has 0 aromatic heterocycles. The number of nitrogens with one attached hydrogen (secondary N) is 1. The molecule has 1 aliphatic rings. The number of nitrogens with zero attached hydrogens (tertiary/aromatic N) is 1. The molecule has 1 fully saturated rings. The first kappa shape index (κ1) is 26.6. The van der Waals surface area contributed by atoms with Gasteiger partial charge in [-0.3, -0.25) is 4.79 Å². The van der Waals surface area contributed by atoms with Gasteiger partial charge in [-0.25, -0.2) is 13.2 Å². The molecular formula is C23H35ClN2O5S. The second-order valence-electron chi connectivity index (χ2n) is 8.46. The maximum atomic E-state index is 13.7. The smallest absolute Gasteiger partial charge is 0.333 e. The van der Waals surface area contributed by atoms with E-state index in [1.165, 1.54) is 25.1 Å². The summed E-state index contributed by atoms with van der Waals surface area (Å²) in [6, 6.07) is 3.06. The summed E-state index contributed by atoms with van der Waals surface area (Å²) in [6.45, 7) is 5.29. The van der Waals surface area contributed by atoms with Gasteiger partial charge in [0.25, 0.3) is 10.0 Å². The number of Topliss-reactive ketones (excluding diaryl/α,β-unsaturated/α-hetero) is 1. The quantitative estimate of drug-likeness (QED) is 0.359. The third-order valence-corrected chi connectivity index (χ3v) is 8.10. The third-order valence-electron chi connectivity index (χ3n) is 5.97. The van der Waals surface area contributed by atoms with E-state index in [2.05, 4.69) is 5.32 Å². The number of carbonyl (C=O) groups excluding carboxylic acids is 2. The molecular weight excluding hydrogens is 452 g/mol. The van der Waals surface area contributed by atoms with Crippen LogP contribution in [0.2, 0.25) is 5.02 Å². The summed E-state index contributed by atoms with van der Waals surface area (Å²) in [5, 5.41) is 12.9. The number of amides is 2. The van der Waals surface area contributed by atoms with Crippen LogP contribution in [-0.2, 0) is 10.0 Å². The van der Waals surface area contributed by atoms with Gasteiger partial charge in [0.2, 0.25) is 0 Å². The zero-order valence-electron chi connectivity index (χ0n) is 19.1. The molecule has 2 rings (SSSR count). The summed E-state index contributed by atoms with van der Waals surface area (Å²) < 4.78 is 27.4. The first-order chi connectivity index (χ1) is 15.1. The molecule has 0 bridgehead atoms. The largest absolute Gasteiger partial charge is 0.373 e. The minimum absolute atomic E-state index is 0.0181. The van der Waals surface area contributed by atoms with Gasteiger partial charge < -0.3 is 10.4 Å². The van der Waals surface area contributed by atoms with Gasteiger partial charge in [-0.15, -0.1) is 0 Å². The van der Waals surface area contributed by atoms with Crippen LogP contribution >= 0.6 is 11.6 Å². The van der Waals surface area contributed by atoms with E-state index in [1.54, 1.807) is 0 Å². The lowest BCUT2D eigenvalue weighted by Gasteiger charge is -2.30. The molecule has 32 heavy (non-hydrogen) atoms. The average molecular weight is 487 g/mol. The van der Waals surface area contributed by atoms with Crippen LogP contribution in [0, 0.1) is 11.8 Å². The van der Waals surface area contributed by atoms with Crippen molar-refractivity contribution >= 4 is 33.4 Å². The summed E-state index contributed by atoms with van der Waals surface area (Å²) in [6.07, 6.45) is 5.61. The fourth-order valence-corrected chi connectivity index (χ4v) is 6.19. The normalized spacial score (nSPS) is 16.9. The summed E-state index contributed by atoms with van der Waals surface area (Å²) in [7, 11) is -4.51. The van der Waals surface area contributed by atoms with Crippen molar-refractivity contribution < 1.29 is 23.1 Å². The van der Waals surface area contributed by atoms with Crippen molar-refractivity contribution in [3.8, 4) is 0 Å². The van der Waals surface area contributed by atoms with Crippen molar-refractivity contribution in [3.05, 3.63) is 28.8 Å². The summed E-state index contributed by atoms with van der Waals surface area (Å²) in [5.74, 6) is -0.368. The Hall–Kier alpha value is -1.64. The molecule has 2 amide bonds. The van der Waals surface area contributed by atoms with Crippen LogP contribution in [-0.4, -0.2) is 42.4 Å². The first-order valence-electron chi connectivity index (χ1n) is 11.5. The molecule has 1 saturated carbocycles. The number of hydrogen-bond acceptors (Lipinski definition) is 5. The van der Waals surface area contributed by atoms with E-state index < -0.39 is 22.3 Å². The summed E-state index contributed by atoms with van der Waals surface area (Å²) in [5.41, 5.74) is -0.0181. The predicted octanol–water partition coefficient (Wildman–Crippen LogP) is 4.97. The molecule has 9 heteroatoms. The minimum atomic E-state index is -4.51. The van der Waals surface area contributed by atoms with Crippen LogP contribution < -0.4 is 5.32 Å². The fraction of sp³-hybridized carbons (Fsp3) is 0.652. The van der Waals surface area contributed by atoms with Crippen LogP contribution in [0.15, 0.2) is 23.1 Å².